The molecule has 20 heavy (non-hydrogen) atoms. The molecule has 112 valence electrons. The molecule has 1 fully saturated rings. The predicted octanol–water partition coefficient (Wildman–Crippen LogP) is -2.00. The quantitative estimate of drug-likeness (QED) is 0.192. The van der Waals surface area contributed by atoms with Gasteiger partial charge in [0.25, 0.3) is 22.4 Å². The largest absolute Gasteiger partial charge is 0.398 e. The van der Waals surface area contributed by atoms with Gasteiger partial charge in [-0.25, -0.2) is 10.0 Å². The van der Waals surface area contributed by atoms with Crippen molar-refractivity contribution in [1.29, 1.82) is 10.8 Å². The Labute approximate surface area is 126 Å². The zero-order valence-electron chi connectivity index (χ0n) is 10.5. The molecule has 0 atom stereocenters. The monoisotopic (exact) mass is 320 g/mol. The van der Waals surface area contributed by atoms with E-state index in [2.05, 4.69) is 10.9 Å². The van der Waals surface area contributed by atoms with Crippen molar-refractivity contribution in [2.75, 3.05) is 26.2 Å². The molecule has 1 saturated heterocycles. The molecule has 8 N–H and O–H groups in total. The maximum Gasteiger partial charge on any atom is 0.286 e. The smallest absolute Gasteiger partial charge is 0.286 e. The third-order valence-electron chi connectivity index (χ3n) is 2.18. The summed E-state index contributed by atoms with van der Waals surface area (Å²) in [6, 6.07) is -0.927. The maximum atomic E-state index is 6.94. The highest BCUT2D eigenvalue weighted by atomic mass is 32.1. The lowest BCUT2D eigenvalue weighted by Gasteiger charge is -2.34. The number of ether oxygens (including phenoxy) is 2. The molecule has 0 aromatic rings. The molecule has 1 aliphatic rings. The predicted molar refractivity (Wildman–Crippen MR) is 80.6 cm³/mol. The number of rotatable bonds is 2. The highest BCUT2D eigenvalue weighted by Crippen LogP contribution is 1.97. The van der Waals surface area contributed by atoms with Gasteiger partial charge in [0, 0.05) is 26.2 Å². The molecule has 0 aliphatic carbocycles. The first-order valence-electron chi connectivity index (χ1n) is 5.51. The van der Waals surface area contributed by atoms with Gasteiger partial charge in [-0.15, -0.1) is 0 Å². The van der Waals surface area contributed by atoms with E-state index >= 15 is 0 Å². The summed E-state index contributed by atoms with van der Waals surface area (Å²) in [7, 11) is 0. The first-order chi connectivity index (χ1) is 9.36. The number of amidine groups is 2. The molecule has 0 aromatic heterocycles. The van der Waals surface area contributed by atoms with Gasteiger partial charge in [0.2, 0.25) is 0 Å². The van der Waals surface area contributed by atoms with Crippen molar-refractivity contribution in [3.63, 3.8) is 0 Å². The summed E-state index contributed by atoms with van der Waals surface area (Å²) >= 11 is 9.71. The van der Waals surface area contributed by atoms with Crippen LogP contribution in [0.5, 0.6) is 0 Å². The Hall–Kier alpha value is -1.76. The van der Waals surface area contributed by atoms with E-state index in [0.29, 0.717) is 26.2 Å². The fourth-order valence-electron chi connectivity index (χ4n) is 1.43. The molecule has 10 nitrogen and oxygen atoms in total. The zero-order valence-corrected chi connectivity index (χ0v) is 12.1. The first-order valence-corrected chi connectivity index (χ1v) is 6.33. The fraction of sp³-hybridized carbons (Fsp3) is 0.500. The molecule has 0 spiro atoms. The lowest BCUT2D eigenvalue weighted by Crippen LogP contribution is -2.58. The second-order valence-electron chi connectivity index (χ2n) is 3.71. The SMILES string of the molecule is N=C(N)OC(=S)NN1CCN(NC(=S)OC(=N)N)CC1. The Morgan fingerprint density at radius 2 is 1.15 bits per heavy atom. The summed E-state index contributed by atoms with van der Waals surface area (Å²) in [6.07, 6.45) is 0. The van der Waals surface area contributed by atoms with Crippen LogP contribution in [0.25, 0.3) is 0 Å². The summed E-state index contributed by atoms with van der Waals surface area (Å²) in [5, 5.41) is 17.6. The minimum Gasteiger partial charge on any atom is -0.398 e. The van der Waals surface area contributed by atoms with Crippen LogP contribution in [0.1, 0.15) is 0 Å². The Balaban J connectivity index is 2.26. The Bertz CT molecular complexity index is 371. The van der Waals surface area contributed by atoms with Gasteiger partial charge in [-0.05, 0) is 24.4 Å². The molecule has 0 saturated carbocycles. The molecular formula is C8H16N8O2S2. The van der Waals surface area contributed by atoms with Crippen LogP contribution < -0.4 is 22.3 Å². The maximum absolute atomic E-state index is 6.94. The minimum atomic E-state index is -0.463. The van der Waals surface area contributed by atoms with E-state index in [1.54, 1.807) is 0 Å². The average Bonchev–Trinajstić information content (AvgIpc) is 2.29. The Morgan fingerprint density at radius 1 is 0.850 bits per heavy atom. The van der Waals surface area contributed by atoms with Gasteiger partial charge in [0.05, 0.1) is 0 Å². The molecule has 0 radical (unpaired) electrons. The van der Waals surface area contributed by atoms with Crippen LogP contribution in [0.2, 0.25) is 0 Å². The van der Waals surface area contributed by atoms with E-state index in [9.17, 15) is 0 Å². The standard InChI is InChI=1S/C8H16N8O2S2/c9-5(10)17-7(19)13-15-1-2-16(4-3-15)14-8(20)18-6(11)12/h1-4H2,(H3,9,10)(H3,11,12)(H,13,19)(H,14,20). The number of nitrogens with two attached hydrogens (primary N) is 2. The van der Waals surface area contributed by atoms with Crippen molar-refractivity contribution in [2.24, 2.45) is 11.5 Å². The van der Waals surface area contributed by atoms with Crippen molar-refractivity contribution < 1.29 is 9.47 Å². The van der Waals surface area contributed by atoms with E-state index in [1.807, 2.05) is 10.0 Å². The second kappa shape index (κ2) is 7.74. The zero-order chi connectivity index (χ0) is 15.1. The van der Waals surface area contributed by atoms with E-state index in [0.717, 1.165) is 0 Å². The van der Waals surface area contributed by atoms with Crippen molar-refractivity contribution in [1.82, 2.24) is 20.9 Å². The summed E-state index contributed by atoms with van der Waals surface area (Å²) in [6.45, 7) is 2.49. The third-order valence-corrected chi connectivity index (χ3v) is 2.53. The van der Waals surface area contributed by atoms with Crippen molar-refractivity contribution >= 4 is 46.8 Å². The van der Waals surface area contributed by atoms with Crippen molar-refractivity contribution in [2.45, 2.75) is 0 Å². The lowest BCUT2D eigenvalue weighted by molar-refractivity contribution is 0.0867. The number of hydrogen-bond acceptors (Lipinski definition) is 8. The van der Waals surface area contributed by atoms with E-state index in [-0.39, 0.29) is 10.3 Å². The van der Waals surface area contributed by atoms with Gasteiger partial charge >= 0.3 is 0 Å². The van der Waals surface area contributed by atoms with Gasteiger partial charge in [-0.2, -0.15) is 0 Å². The first kappa shape index (κ1) is 16.3. The lowest BCUT2D eigenvalue weighted by atomic mass is 10.4. The van der Waals surface area contributed by atoms with Crippen LogP contribution in [0.3, 0.4) is 0 Å². The number of nitrogens with zero attached hydrogens (tertiary/aromatic N) is 2. The summed E-state index contributed by atoms with van der Waals surface area (Å²) in [4.78, 5) is 0. The van der Waals surface area contributed by atoms with Crippen LogP contribution in [0.15, 0.2) is 0 Å². The van der Waals surface area contributed by atoms with Crippen molar-refractivity contribution in [3.05, 3.63) is 0 Å². The second-order valence-corrected chi connectivity index (χ2v) is 4.45. The number of hydrogen-bond donors (Lipinski definition) is 6. The molecule has 0 amide bonds. The Morgan fingerprint density at radius 3 is 1.40 bits per heavy atom. The summed E-state index contributed by atoms with van der Waals surface area (Å²) < 4.78 is 9.44. The number of nitrogens with one attached hydrogen (secondary N) is 4. The van der Waals surface area contributed by atoms with Crippen molar-refractivity contribution in [3.8, 4) is 0 Å². The molecule has 0 aromatic carbocycles. The van der Waals surface area contributed by atoms with Crippen LogP contribution in [-0.2, 0) is 9.47 Å². The van der Waals surface area contributed by atoms with Gasteiger partial charge in [-0.3, -0.25) is 21.7 Å². The molecule has 1 heterocycles. The number of piperazine rings is 1. The third kappa shape index (κ3) is 6.42. The van der Waals surface area contributed by atoms with Gasteiger partial charge in [0.1, 0.15) is 0 Å². The van der Waals surface area contributed by atoms with Crippen LogP contribution in [0, 0.1) is 10.8 Å². The molecule has 12 heteroatoms. The van der Waals surface area contributed by atoms with Gasteiger partial charge < -0.3 is 20.9 Å². The molecular weight excluding hydrogens is 304 g/mol. The van der Waals surface area contributed by atoms with Crippen LogP contribution in [0.4, 0.5) is 0 Å². The average molecular weight is 320 g/mol. The number of hydrazine groups is 2. The minimum absolute atomic E-state index is 0.0225. The molecule has 1 rings (SSSR count). The number of thiocarbonyl (C=S) groups is 2. The van der Waals surface area contributed by atoms with Crippen LogP contribution in [-0.4, -0.2) is 58.6 Å². The summed E-state index contributed by atoms with van der Waals surface area (Å²) in [5.41, 5.74) is 15.7. The molecule has 0 unspecified atom stereocenters. The fourth-order valence-corrected chi connectivity index (χ4v) is 1.87. The van der Waals surface area contributed by atoms with Crippen LogP contribution >= 0.6 is 24.4 Å². The van der Waals surface area contributed by atoms with E-state index in [1.165, 1.54) is 0 Å². The molecule has 1 aliphatic heterocycles. The topological polar surface area (TPSA) is 149 Å². The van der Waals surface area contributed by atoms with Gasteiger partial charge in [0.15, 0.2) is 0 Å². The highest BCUT2D eigenvalue weighted by Gasteiger charge is 2.19. The highest BCUT2D eigenvalue weighted by molar-refractivity contribution is 7.80. The van der Waals surface area contributed by atoms with Gasteiger partial charge in [-0.1, -0.05) is 0 Å². The normalized spacial score (nSPS) is 16.0. The Kier molecular flexibility index (Phi) is 6.30. The van der Waals surface area contributed by atoms with E-state index in [4.69, 9.17) is 56.2 Å². The summed E-state index contributed by atoms with van der Waals surface area (Å²) in [5.74, 6) is 0. The molecule has 0 bridgehead atoms. The van der Waals surface area contributed by atoms with E-state index < -0.39 is 12.0 Å².